The molecule has 1 N–H and O–H groups in total. The molecule has 0 spiro atoms. The molecule has 3 aromatic carbocycles. The van der Waals surface area contributed by atoms with Crippen LogP contribution in [0.2, 0.25) is 15.1 Å². The Morgan fingerprint density at radius 2 is 1.76 bits per heavy atom. The normalized spacial score (nSPS) is 11.1. The Morgan fingerprint density at radius 1 is 0.971 bits per heavy atom. The first kappa shape index (κ1) is 24.0. The number of amides is 1. The lowest BCUT2D eigenvalue weighted by Gasteiger charge is -2.09. The van der Waals surface area contributed by atoms with Gasteiger partial charge in [0, 0.05) is 15.6 Å². The van der Waals surface area contributed by atoms with E-state index in [-0.39, 0.29) is 10.8 Å². The number of nitrogens with one attached hydrogen (secondary N) is 1. The third kappa shape index (κ3) is 5.18. The molecule has 4 rings (SSSR count). The average Bonchev–Trinajstić information content (AvgIpc) is 3.18. The third-order valence-corrected chi connectivity index (χ3v) is 7.07. The van der Waals surface area contributed by atoms with Crippen LogP contribution >= 0.6 is 46.1 Å². The maximum Gasteiger partial charge on any atom is 0.355 e. The Hall–Kier alpha value is -3.10. The van der Waals surface area contributed by atoms with Gasteiger partial charge in [0.15, 0.2) is 11.5 Å². The van der Waals surface area contributed by atoms with Crippen LogP contribution in [-0.2, 0) is 0 Å². The number of esters is 1. The van der Waals surface area contributed by atoms with Crippen LogP contribution in [-0.4, -0.2) is 25.2 Å². The number of thiophene rings is 1. The number of hydrazone groups is 1. The minimum atomic E-state index is -0.584. The van der Waals surface area contributed by atoms with E-state index in [1.54, 1.807) is 18.2 Å². The molecule has 172 valence electrons. The van der Waals surface area contributed by atoms with Gasteiger partial charge in [0.05, 0.1) is 28.4 Å². The number of ether oxygens (including phenoxy) is 2. The molecule has 0 aliphatic carbocycles. The zero-order chi connectivity index (χ0) is 24.2. The molecular weight excluding hydrogens is 519 g/mol. The smallest absolute Gasteiger partial charge is 0.355 e. The molecule has 6 nitrogen and oxygen atoms in total. The first-order valence-corrected chi connectivity index (χ1v) is 11.7. The van der Waals surface area contributed by atoms with E-state index >= 15 is 0 Å². The largest absolute Gasteiger partial charge is 0.493 e. The maximum atomic E-state index is 12.7. The maximum absolute atomic E-state index is 12.7. The molecule has 0 saturated heterocycles. The van der Waals surface area contributed by atoms with Crippen LogP contribution in [0.3, 0.4) is 0 Å². The molecule has 10 heteroatoms. The van der Waals surface area contributed by atoms with Crippen LogP contribution in [0, 0.1) is 0 Å². The number of fused-ring (bicyclic) bond motifs is 1. The van der Waals surface area contributed by atoms with Crippen molar-refractivity contribution in [1.29, 1.82) is 0 Å². The van der Waals surface area contributed by atoms with Crippen LogP contribution in [0.25, 0.3) is 10.1 Å². The summed E-state index contributed by atoms with van der Waals surface area (Å²) in [5.74, 6) is -0.504. The molecule has 0 saturated carbocycles. The number of rotatable bonds is 6. The van der Waals surface area contributed by atoms with Gasteiger partial charge in [0.1, 0.15) is 4.88 Å². The second-order valence-electron chi connectivity index (χ2n) is 6.87. The fraction of sp³-hybridized carbons (Fsp3) is 0.0417. The predicted octanol–water partition coefficient (Wildman–Crippen LogP) is 6.85. The van der Waals surface area contributed by atoms with Crippen molar-refractivity contribution < 1.29 is 19.1 Å². The monoisotopic (exact) mass is 532 g/mol. The summed E-state index contributed by atoms with van der Waals surface area (Å²) in [5.41, 5.74) is 3.32. The molecule has 0 fully saturated rings. The Bertz CT molecular complexity index is 1440. The molecule has 0 unspecified atom stereocenters. The zero-order valence-corrected chi connectivity index (χ0v) is 20.6. The van der Waals surface area contributed by atoms with Gasteiger partial charge in [-0.1, -0.05) is 53.0 Å². The van der Waals surface area contributed by atoms with Gasteiger partial charge in [0.2, 0.25) is 0 Å². The lowest BCUT2D eigenvalue weighted by Crippen LogP contribution is -2.17. The summed E-state index contributed by atoms with van der Waals surface area (Å²) in [6.07, 6.45) is 1.42. The number of halogens is 3. The fourth-order valence-electron chi connectivity index (χ4n) is 3.01. The molecule has 1 heterocycles. The highest BCUT2D eigenvalue weighted by Gasteiger charge is 2.20. The summed E-state index contributed by atoms with van der Waals surface area (Å²) in [6.45, 7) is 0. The number of methoxy groups -OCH3 is 1. The molecule has 0 bridgehead atoms. The Kier molecular flexibility index (Phi) is 7.38. The summed E-state index contributed by atoms with van der Waals surface area (Å²) in [6, 6.07) is 16.8. The van der Waals surface area contributed by atoms with E-state index in [1.807, 2.05) is 24.3 Å². The highest BCUT2D eigenvalue weighted by Crippen LogP contribution is 2.37. The van der Waals surface area contributed by atoms with Crippen LogP contribution < -0.4 is 14.9 Å². The summed E-state index contributed by atoms with van der Waals surface area (Å²) in [5, 5.41) is 5.71. The average molecular weight is 534 g/mol. The van der Waals surface area contributed by atoms with E-state index in [1.165, 1.54) is 42.9 Å². The quantitative estimate of drug-likeness (QED) is 0.127. The van der Waals surface area contributed by atoms with E-state index < -0.39 is 11.9 Å². The second kappa shape index (κ2) is 10.4. The molecule has 0 aliphatic rings. The Morgan fingerprint density at radius 3 is 2.50 bits per heavy atom. The second-order valence-corrected chi connectivity index (χ2v) is 9.11. The summed E-state index contributed by atoms with van der Waals surface area (Å²) in [4.78, 5) is 25.3. The van der Waals surface area contributed by atoms with Crippen molar-refractivity contribution in [2.45, 2.75) is 0 Å². The van der Waals surface area contributed by atoms with Crippen molar-refractivity contribution in [3.63, 3.8) is 0 Å². The number of hydrogen-bond donors (Lipinski definition) is 1. The summed E-state index contributed by atoms with van der Waals surface area (Å²) >= 11 is 19.4. The highest BCUT2D eigenvalue weighted by molar-refractivity contribution is 7.21. The Balaban J connectivity index is 1.46. The Labute approximate surface area is 213 Å². The topological polar surface area (TPSA) is 77.0 Å². The molecule has 34 heavy (non-hydrogen) atoms. The number of carbonyl (C=O) groups is 2. The fourth-order valence-corrected chi connectivity index (χ4v) is 4.69. The molecule has 0 radical (unpaired) electrons. The molecular formula is C24H15Cl3N2O4S. The zero-order valence-electron chi connectivity index (χ0n) is 17.5. The van der Waals surface area contributed by atoms with E-state index in [0.29, 0.717) is 31.8 Å². The van der Waals surface area contributed by atoms with Gasteiger partial charge < -0.3 is 9.47 Å². The third-order valence-electron chi connectivity index (χ3n) is 4.67. The van der Waals surface area contributed by atoms with Gasteiger partial charge in [-0.05, 0) is 48.0 Å². The van der Waals surface area contributed by atoms with Crippen LogP contribution in [0.15, 0.2) is 65.8 Å². The molecule has 4 aromatic rings. The number of carbonyl (C=O) groups excluding carboxylic acids is 2. The van der Waals surface area contributed by atoms with Crippen molar-refractivity contribution >= 4 is 74.3 Å². The predicted molar refractivity (Wildman–Crippen MR) is 136 cm³/mol. The van der Waals surface area contributed by atoms with Gasteiger partial charge in [0.25, 0.3) is 5.91 Å². The summed E-state index contributed by atoms with van der Waals surface area (Å²) in [7, 11) is 1.45. The molecule has 1 aromatic heterocycles. The SMILES string of the molecule is COc1cc(C=NNC(=O)c2ccc(Cl)c(Cl)c2)ccc1OC(=O)c1sc2ccccc2c1Cl. The summed E-state index contributed by atoms with van der Waals surface area (Å²) < 4.78 is 11.8. The van der Waals surface area contributed by atoms with E-state index in [0.717, 1.165) is 10.1 Å². The number of benzene rings is 3. The number of nitrogens with zero attached hydrogens (tertiary/aromatic N) is 1. The van der Waals surface area contributed by atoms with E-state index in [2.05, 4.69) is 10.5 Å². The van der Waals surface area contributed by atoms with E-state index in [4.69, 9.17) is 44.3 Å². The standard InChI is InChI=1S/C24H15Cl3N2O4S/c1-32-19-10-13(12-28-29-23(30)14-7-8-16(25)17(26)11-14)6-9-18(19)33-24(31)22-21(27)15-4-2-3-5-20(15)34-22/h2-12H,1H3,(H,29,30). The molecule has 0 atom stereocenters. The van der Waals surface area contributed by atoms with Crippen molar-refractivity contribution in [3.8, 4) is 11.5 Å². The first-order chi connectivity index (χ1) is 16.4. The first-order valence-electron chi connectivity index (χ1n) is 9.73. The van der Waals surface area contributed by atoms with Crippen molar-refractivity contribution in [1.82, 2.24) is 5.43 Å². The van der Waals surface area contributed by atoms with Crippen molar-refractivity contribution in [3.05, 3.63) is 91.7 Å². The molecule has 0 aliphatic heterocycles. The highest BCUT2D eigenvalue weighted by atomic mass is 35.5. The van der Waals surface area contributed by atoms with Gasteiger partial charge >= 0.3 is 5.97 Å². The van der Waals surface area contributed by atoms with E-state index in [9.17, 15) is 9.59 Å². The van der Waals surface area contributed by atoms with Gasteiger partial charge in [-0.2, -0.15) is 5.10 Å². The van der Waals surface area contributed by atoms with Crippen molar-refractivity contribution in [2.75, 3.05) is 7.11 Å². The van der Waals surface area contributed by atoms with Crippen molar-refractivity contribution in [2.24, 2.45) is 5.10 Å². The van der Waals surface area contributed by atoms with Crippen LogP contribution in [0.1, 0.15) is 25.6 Å². The molecule has 1 amide bonds. The van der Waals surface area contributed by atoms with Gasteiger partial charge in [-0.25, -0.2) is 10.2 Å². The lowest BCUT2D eigenvalue weighted by atomic mass is 10.2. The minimum absolute atomic E-state index is 0.220. The lowest BCUT2D eigenvalue weighted by molar-refractivity contribution is 0.0734. The van der Waals surface area contributed by atoms with Gasteiger partial charge in [-0.15, -0.1) is 11.3 Å². The van der Waals surface area contributed by atoms with Crippen LogP contribution in [0.5, 0.6) is 11.5 Å². The number of hydrogen-bond acceptors (Lipinski definition) is 6. The van der Waals surface area contributed by atoms with Gasteiger partial charge in [-0.3, -0.25) is 4.79 Å². The van der Waals surface area contributed by atoms with Crippen LogP contribution in [0.4, 0.5) is 0 Å². The minimum Gasteiger partial charge on any atom is -0.493 e.